The Balaban J connectivity index is 2.21. The van der Waals surface area contributed by atoms with Gasteiger partial charge in [-0.05, 0) is 25.0 Å². The van der Waals surface area contributed by atoms with Gasteiger partial charge in [0.15, 0.2) is 0 Å². The summed E-state index contributed by atoms with van der Waals surface area (Å²) in [4.78, 5) is 0. The summed E-state index contributed by atoms with van der Waals surface area (Å²) in [5.41, 5.74) is 1.27. The lowest BCUT2D eigenvalue weighted by Gasteiger charge is -2.25. The van der Waals surface area contributed by atoms with Crippen LogP contribution in [-0.2, 0) is 10.3 Å². The van der Waals surface area contributed by atoms with E-state index in [-0.39, 0.29) is 6.10 Å². The van der Waals surface area contributed by atoms with Crippen LogP contribution in [0.15, 0.2) is 24.3 Å². The molecule has 0 bridgehead atoms. The van der Waals surface area contributed by atoms with Crippen molar-refractivity contribution >= 4 is 0 Å². The summed E-state index contributed by atoms with van der Waals surface area (Å²) in [5, 5.41) is 13.3. The first-order valence-corrected chi connectivity index (χ1v) is 5.72. The van der Waals surface area contributed by atoms with Gasteiger partial charge in [-0.2, -0.15) is 0 Å². The highest BCUT2D eigenvalue weighted by Gasteiger charge is 2.20. The number of nitrogens with one attached hydrogen (secondary N) is 1. The molecule has 1 aromatic carbocycles. The Morgan fingerprint density at radius 3 is 2.88 bits per heavy atom. The highest BCUT2D eigenvalue weighted by Crippen LogP contribution is 2.25. The average molecular weight is 221 g/mol. The third-order valence-electron chi connectivity index (χ3n) is 2.89. The minimum atomic E-state index is -0.794. The van der Waals surface area contributed by atoms with Gasteiger partial charge in [0.2, 0.25) is 0 Å². The number of ether oxygens (including phenoxy) is 1. The van der Waals surface area contributed by atoms with Crippen LogP contribution < -0.4 is 5.32 Å². The highest BCUT2D eigenvalue weighted by molar-refractivity contribution is 5.29. The maximum absolute atomic E-state index is 9.96. The fraction of sp³-hybridized carbons (Fsp3) is 0.538. The van der Waals surface area contributed by atoms with Crippen molar-refractivity contribution in [1.82, 2.24) is 5.32 Å². The van der Waals surface area contributed by atoms with Gasteiger partial charge in [0.05, 0.1) is 18.3 Å². The molecule has 0 radical (unpaired) electrons. The highest BCUT2D eigenvalue weighted by atomic mass is 16.5. The maximum Gasteiger partial charge on any atom is 0.0949 e. The van der Waals surface area contributed by atoms with E-state index in [4.69, 9.17) is 4.74 Å². The normalized spacial score (nSPS) is 22.1. The van der Waals surface area contributed by atoms with Gasteiger partial charge < -0.3 is 15.2 Å². The zero-order valence-corrected chi connectivity index (χ0v) is 9.86. The lowest BCUT2D eigenvalue weighted by atomic mass is 9.95. The van der Waals surface area contributed by atoms with E-state index in [0.717, 1.165) is 30.8 Å². The van der Waals surface area contributed by atoms with Crippen LogP contribution in [0.3, 0.4) is 0 Å². The van der Waals surface area contributed by atoms with E-state index in [0.29, 0.717) is 0 Å². The second-order valence-corrected chi connectivity index (χ2v) is 4.75. The topological polar surface area (TPSA) is 41.5 Å². The molecule has 16 heavy (non-hydrogen) atoms. The van der Waals surface area contributed by atoms with E-state index in [1.165, 1.54) is 0 Å². The van der Waals surface area contributed by atoms with Crippen molar-refractivity contribution in [2.45, 2.75) is 25.6 Å². The Bertz CT molecular complexity index is 351. The lowest BCUT2D eigenvalue weighted by Crippen LogP contribution is -2.33. The lowest BCUT2D eigenvalue weighted by molar-refractivity contribution is 0.0271. The fourth-order valence-electron chi connectivity index (χ4n) is 1.90. The molecule has 1 saturated heterocycles. The van der Waals surface area contributed by atoms with E-state index in [9.17, 15) is 5.11 Å². The number of rotatable bonds is 2. The molecule has 1 aromatic rings. The van der Waals surface area contributed by atoms with E-state index >= 15 is 0 Å². The van der Waals surface area contributed by atoms with Crippen molar-refractivity contribution in [2.24, 2.45) is 0 Å². The van der Waals surface area contributed by atoms with Crippen LogP contribution >= 0.6 is 0 Å². The van der Waals surface area contributed by atoms with Crippen LogP contribution in [-0.4, -0.2) is 24.8 Å². The molecular weight excluding hydrogens is 202 g/mol. The van der Waals surface area contributed by atoms with E-state index in [1.807, 2.05) is 24.3 Å². The molecule has 1 unspecified atom stereocenters. The summed E-state index contributed by atoms with van der Waals surface area (Å²) in [5.74, 6) is 0. The van der Waals surface area contributed by atoms with Crippen LogP contribution in [0.1, 0.15) is 31.1 Å². The number of morpholine rings is 1. The largest absolute Gasteiger partial charge is 0.386 e. The van der Waals surface area contributed by atoms with Crippen molar-refractivity contribution < 1.29 is 9.84 Å². The SMILES string of the molecule is CC(C)(O)c1cccc(C2CNCCO2)c1. The predicted molar refractivity (Wildman–Crippen MR) is 63.2 cm³/mol. The quantitative estimate of drug-likeness (QED) is 0.796. The van der Waals surface area contributed by atoms with Gasteiger partial charge in [-0.15, -0.1) is 0 Å². The molecule has 1 aliphatic rings. The minimum Gasteiger partial charge on any atom is -0.386 e. The molecule has 0 spiro atoms. The summed E-state index contributed by atoms with van der Waals surface area (Å²) < 4.78 is 5.69. The van der Waals surface area contributed by atoms with Gasteiger partial charge in [0.25, 0.3) is 0 Å². The average Bonchev–Trinajstić information content (AvgIpc) is 2.29. The Morgan fingerprint density at radius 2 is 2.25 bits per heavy atom. The summed E-state index contributed by atoms with van der Waals surface area (Å²) in [7, 11) is 0. The van der Waals surface area contributed by atoms with Gasteiger partial charge in [-0.1, -0.05) is 24.3 Å². The van der Waals surface area contributed by atoms with Gasteiger partial charge in [0.1, 0.15) is 0 Å². The summed E-state index contributed by atoms with van der Waals surface area (Å²) >= 11 is 0. The van der Waals surface area contributed by atoms with Crippen molar-refractivity contribution in [2.75, 3.05) is 19.7 Å². The van der Waals surface area contributed by atoms with Crippen molar-refractivity contribution in [1.29, 1.82) is 0 Å². The molecule has 1 aliphatic heterocycles. The molecule has 88 valence electrons. The Morgan fingerprint density at radius 1 is 1.44 bits per heavy atom. The van der Waals surface area contributed by atoms with Gasteiger partial charge in [-0.25, -0.2) is 0 Å². The molecule has 0 amide bonds. The number of benzene rings is 1. The van der Waals surface area contributed by atoms with E-state index in [1.54, 1.807) is 13.8 Å². The van der Waals surface area contributed by atoms with Crippen LogP contribution in [0.2, 0.25) is 0 Å². The number of hydrogen-bond acceptors (Lipinski definition) is 3. The van der Waals surface area contributed by atoms with Crippen LogP contribution in [0.25, 0.3) is 0 Å². The first kappa shape index (κ1) is 11.6. The Hall–Kier alpha value is -0.900. The van der Waals surface area contributed by atoms with Gasteiger partial charge in [0, 0.05) is 13.1 Å². The molecule has 3 nitrogen and oxygen atoms in total. The first-order chi connectivity index (χ1) is 7.57. The number of aliphatic hydroxyl groups is 1. The molecule has 2 rings (SSSR count). The van der Waals surface area contributed by atoms with Crippen molar-refractivity contribution in [3.8, 4) is 0 Å². The second kappa shape index (κ2) is 4.53. The molecule has 1 atom stereocenters. The monoisotopic (exact) mass is 221 g/mol. The van der Waals surface area contributed by atoms with Crippen molar-refractivity contribution in [3.63, 3.8) is 0 Å². The third kappa shape index (κ3) is 2.61. The molecule has 2 N–H and O–H groups in total. The zero-order valence-electron chi connectivity index (χ0n) is 9.86. The summed E-state index contributed by atoms with van der Waals surface area (Å²) in [6, 6.07) is 7.99. The number of hydrogen-bond donors (Lipinski definition) is 2. The minimum absolute atomic E-state index is 0.107. The van der Waals surface area contributed by atoms with Crippen LogP contribution in [0, 0.1) is 0 Å². The molecule has 1 fully saturated rings. The Kier molecular flexibility index (Phi) is 3.28. The molecule has 1 heterocycles. The van der Waals surface area contributed by atoms with Gasteiger partial charge >= 0.3 is 0 Å². The van der Waals surface area contributed by atoms with Crippen molar-refractivity contribution in [3.05, 3.63) is 35.4 Å². The summed E-state index contributed by atoms with van der Waals surface area (Å²) in [6.45, 7) is 6.10. The zero-order chi connectivity index (χ0) is 11.6. The standard InChI is InChI=1S/C13H19NO2/c1-13(2,15)11-5-3-4-10(8-11)12-9-14-6-7-16-12/h3-5,8,12,14-15H,6-7,9H2,1-2H3. The predicted octanol–water partition coefficient (Wildman–Crippen LogP) is 1.57. The maximum atomic E-state index is 9.96. The molecule has 0 saturated carbocycles. The van der Waals surface area contributed by atoms with E-state index in [2.05, 4.69) is 5.32 Å². The smallest absolute Gasteiger partial charge is 0.0949 e. The molecule has 0 aliphatic carbocycles. The van der Waals surface area contributed by atoms with E-state index < -0.39 is 5.60 Å². The molecule has 0 aromatic heterocycles. The fourth-order valence-corrected chi connectivity index (χ4v) is 1.90. The van der Waals surface area contributed by atoms with Gasteiger partial charge in [-0.3, -0.25) is 0 Å². The molecule has 3 heteroatoms. The van der Waals surface area contributed by atoms with Crippen LogP contribution in [0.4, 0.5) is 0 Å². The second-order valence-electron chi connectivity index (χ2n) is 4.75. The third-order valence-corrected chi connectivity index (χ3v) is 2.89. The first-order valence-electron chi connectivity index (χ1n) is 5.72. The summed E-state index contributed by atoms with van der Waals surface area (Å²) in [6.07, 6.45) is 0.107. The van der Waals surface area contributed by atoms with Crippen LogP contribution in [0.5, 0.6) is 0 Å². The Labute approximate surface area is 96.4 Å². The molecular formula is C13H19NO2.